The van der Waals surface area contributed by atoms with E-state index in [9.17, 15) is 13.2 Å². The summed E-state index contributed by atoms with van der Waals surface area (Å²) in [5.41, 5.74) is 3.36. The molecule has 140 valence electrons. The van der Waals surface area contributed by atoms with E-state index < -0.39 is 10.0 Å². The zero-order valence-corrected chi connectivity index (χ0v) is 16.7. The van der Waals surface area contributed by atoms with Gasteiger partial charge in [-0.15, -0.1) is 0 Å². The van der Waals surface area contributed by atoms with Crippen LogP contribution in [0.5, 0.6) is 0 Å². The summed E-state index contributed by atoms with van der Waals surface area (Å²) in [4.78, 5) is 12.5. The van der Waals surface area contributed by atoms with E-state index in [2.05, 4.69) is 10.0 Å². The maximum absolute atomic E-state index is 12.8. The van der Waals surface area contributed by atoms with E-state index in [1.807, 2.05) is 45.9 Å². The van der Waals surface area contributed by atoms with Gasteiger partial charge in [0.25, 0.3) is 15.9 Å². The van der Waals surface area contributed by atoms with Crippen LogP contribution >= 0.6 is 0 Å². The molecule has 0 aliphatic carbocycles. The molecule has 6 heteroatoms. The van der Waals surface area contributed by atoms with Crippen molar-refractivity contribution in [2.75, 3.05) is 11.3 Å². The predicted octanol–water partition coefficient (Wildman–Crippen LogP) is 3.80. The third-order valence-corrected chi connectivity index (χ3v) is 5.50. The first kappa shape index (κ1) is 20.0. The lowest BCUT2D eigenvalue weighted by Crippen LogP contribution is -2.28. The van der Waals surface area contributed by atoms with Crippen LogP contribution in [0.25, 0.3) is 0 Å². The van der Waals surface area contributed by atoms with Gasteiger partial charge in [0.15, 0.2) is 0 Å². The predicted molar refractivity (Wildman–Crippen MR) is 105 cm³/mol. The van der Waals surface area contributed by atoms with Gasteiger partial charge < -0.3 is 5.32 Å². The van der Waals surface area contributed by atoms with Gasteiger partial charge in [-0.05, 0) is 55.5 Å². The second-order valence-corrected chi connectivity index (χ2v) is 8.64. The van der Waals surface area contributed by atoms with Crippen LogP contribution < -0.4 is 10.0 Å². The van der Waals surface area contributed by atoms with Crippen molar-refractivity contribution in [3.05, 3.63) is 58.7 Å². The molecule has 0 aliphatic rings. The molecule has 5 nitrogen and oxygen atoms in total. The van der Waals surface area contributed by atoms with Crippen molar-refractivity contribution in [2.45, 2.75) is 39.5 Å². The molecule has 0 bridgehead atoms. The van der Waals surface area contributed by atoms with Crippen LogP contribution in [0.15, 0.2) is 41.3 Å². The molecule has 0 atom stereocenters. The number of aryl methyl sites for hydroxylation is 3. The molecule has 2 rings (SSSR count). The third kappa shape index (κ3) is 4.64. The molecular weight excluding hydrogens is 348 g/mol. The zero-order valence-electron chi connectivity index (χ0n) is 15.9. The number of anilines is 1. The Balaban J connectivity index is 2.35. The normalized spacial score (nSPS) is 11.5. The Labute approximate surface area is 155 Å². The highest BCUT2D eigenvalue weighted by molar-refractivity contribution is 7.92. The fourth-order valence-corrected chi connectivity index (χ4v) is 3.80. The van der Waals surface area contributed by atoms with Crippen molar-refractivity contribution >= 4 is 21.6 Å². The lowest BCUT2D eigenvalue weighted by atomic mass is 10.1. The number of carbonyl (C=O) groups excluding carboxylic acids is 1. The molecule has 0 radical (unpaired) electrons. The van der Waals surface area contributed by atoms with Gasteiger partial charge in [-0.3, -0.25) is 9.52 Å². The zero-order chi connectivity index (χ0) is 19.5. The Morgan fingerprint density at radius 2 is 1.62 bits per heavy atom. The Morgan fingerprint density at radius 3 is 2.19 bits per heavy atom. The van der Waals surface area contributed by atoms with E-state index in [0.717, 1.165) is 16.7 Å². The summed E-state index contributed by atoms with van der Waals surface area (Å²) in [7, 11) is -3.79. The first-order valence-corrected chi connectivity index (χ1v) is 10.1. The molecule has 0 saturated carbocycles. The van der Waals surface area contributed by atoms with Crippen LogP contribution in [0, 0.1) is 26.7 Å². The van der Waals surface area contributed by atoms with Crippen LogP contribution in [0.1, 0.15) is 40.9 Å². The molecule has 0 spiro atoms. The standard InChI is InChI=1S/C20H26N2O3S/c1-13(2)12-21-20(23)18-11-17(10-9-14(18)3)26(24,25)22-19-15(4)7-6-8-16(19)5/h6-11,13,22H,12H2,1-5H3,(H,21,23). The van der Waals surface area contributed by atoms with Crippen molar-refractivity contribution in [3.8, 4) is 0 Å². The highest BCUT2D eigenvalue weighted by atomic mass is 32.2. The number of hydrogen-bond donors (Lipinski definition) is 2. The Hall–Kier alpha value is -2.34. The van der Waals surface area contributed by atoms with Gasteiger partial charge >= 0.3 is 0 Å². The molecule has 2 N–H and O–H groups in total. The number of para-hydroxylation sites is 1. The van der Waals surface area contributed by atoms with Gasteiger partial charge in [-0.1, -0.05) is 38.1 Å². The summed E-state index contributed by atoms with van der Waals surface area (Å²) in [6.07, 6.45) is 0. The summed E-state index contributed by atoms with van der Waals surface area (Å²) in [6, 6.07) is 10.2. The number of hydrogen-bond acceptors (Lipinski definition) is 3. The number of rotatable bonds is 6. The molecule has 2 aromatic carbocycles. The van der Waals surface area contributed by atoms with Crippen LogP contribution in [0.4, 0.5) is 5.69 Å². The first-order chi connectivity index (χ1) is 12.1. The average Bonchev–Trinajstić information content (AvgIpc) is 2.56. The monoisotopic (exact) mass is 374 g/mol. The minimum atomic E-state index is -3.79. The van der Waals surface area contributed by atoms with Gasteiger partial charge in [0.2, 0.25) is 0 Å². The average molecular weight is 375 g/mol. The van der Waals surface area contributed by atoms with Gasteiger partial charge in [0.1, 0.15) is 0 Å². The van der Waals surface area contributed by atoms with Crippen LogP contribution in [0.3, 0.4) is 0 Å². The number of sulfonamides is 1. The minimum absolute atomic E-state index is 0.0699. The Morgan fingerprint density at radius 1 is 1.00 bits per heavy atom. The molecule has 2 aromatic rings. The van der Waals surface area contributed by atoms with Gasteiger partial charge in [0, 0.05) is 12.1 Å². The van der Waals surface area contributed by atoms with Crippen LogP contribution in [0.2, 0.25) is 0 Å². The van der Waals surface area contributed by atoms with Gasteiger partial charge in [-0.25, -0.2) is 8.42 Å². The Bertz CT molecular complexity index is 898. The fraction of sp³-hybridized carbons (Fsp3) is 0.350. The molecule has 0 saturated heterocycles. The smallest absolute Gasteiger partial charge is 0.261 e. The maximum Gasteiger partial charge on any atom is 0.261 e. The topological polar surface area (TPSA) is 75.3 Å². The number of benzene rings is 2. The van der Waals surface area contributed by atoms with E-state index in [4.69, 9.17) is 0 Å². The van der Waals surface area contributed by atoms with E-state index in [-0.39, 0.29) is 10.8 Å². The van der Waals surface area contributed by atoms with Gasteiger partial charge in [-0.2, -0.15) is 0 Å². The summed E-state index contributed by atoms with van der Waals surface area (Å²) in [5, 5.41) is 2.83. The second-order valence-electron chi connectivity index (χ2n) is 6.95. The maximum atomic E-state index is 12.8. The third-order valence-electron chi connectivity index (χ3n) is 4.15. The lowest BCUT2D eigenvalue weighted by Gasteiger charge is -2.15. The second kappa shape index (κ2) is 7.91. The molecule has 0 aromatic heterocycles. The Kier molecular flexibility index (Phi) is 6.08. The van der Waals surface area contributed by atoms with Crippen LogP contribution in [-0.4, -0.2) is 20.9 Å². The molecule has 0 fully saturated rings. The highest BCUT2D eigenvalue weighted by Crippen LogP contribution is 2.24. The summed E-state index contributed by atoms with van der Waals surface area (Å²) in [5.74, 6) is 0.0530. The summed E-state index contributed by atoms with van der Waals surface area (Å²) >= 11 is 0. The largest absolute Gasteiger partial charge is 0.352 e. The van der Waals surface area contributed by atoms with Crippen LogP contribution in [-0.2, 0) is 10.0 Å². The van der Waals surface area contributed by atoms with Crippen molar-refractivity contribution in [2.24, 2.45) is 5.92 Å². The van der Waals surface area contributed by atoms with Crippen molar-refractivity contribution < 1.29 is 13.2 Å². The first-order valence-electron chi connectivity index (χ1n) is 8.59. The van der Waals surface area contributed by atoms with Gasteiger partial charge in [0.05, 0.1) is 10.6 Å². The minimum Gasteiger partial charge on any atom is -0.352 e. The number of nitrogens with one attached hydrogen (secondary N) is 2. The van der Waals surface area contributed by atoms with Crippen molar-refractivity contribution in [1.29, 1.82) is 0 Å². The summed E-state index contributed by atoms with van der Waals surface area (Å²) < 4.78 is 28.3. The molecule has 26 heavy (non-hydrogen) atoms. The molecule has 0 aliphatic heterocycles. The molecule has 0 unspecified atom stereocenters. The highest BCUT2D eigenvalue weighted by Gasteiger charge is 2.19. The van der Waals surface area contributed by atoms with E-state index >= 15 is 0 Å². The van der Waals surface area contributed by atoms with E-state index in [1.54, 1.807) is 13.0 Å². The van der Waals surface area contributed by atoms with E-state index in [0.29, 0.717) is 23.7 Å². The van der Waals surface area contributed by atoms with E-state index in [1.165, 1.54) is 12.1 Å². The molecular formula is C20H26N2O3S. The number of amides is 1. The quantitative estimate of drug-likeness (QED) is 0.807. The lowest BCUT2D eigenvalue weighted by molar-refractivity contribution is 0.0948. The SMILES string of the molecule is Cc1ccc(S(=O)(=O)Nc2c(C)cccc2C)cc1C(=O)NCC(C)C. The summed E-state index contributed by atoms with van der Waals surface area (Å²) in [6.45, 7) is 10.0. The number of carbonyl (C=O) groups is 1. The van der Waals surface area contributed by atoms with Crippen molar-refractivity contribution in [1.82, 2.24) is 5.32 Å². The molecule has 1 amide bonds. The molecule has 0 heterocycles. The van der Waals surface area contributed by atoms with Crippen molar-refractivity contribution in [3.63, 3.8) is 0 Å². The fourth-order valence-electron chi connectivity index (χ4n) is 2.57.